The second-order valence-corrected chi connectivity index (χ2v) is 8.38. The second kappa shape index (κ2) is 11.1. The molecule has 2 N–H and O–H groups in total. The largest absolute Gasteiger partial charge is 0.490 e. The number of nitrogens with one attached hydrogen (secondary N) is 1. The molecular weight excluding hydrogens is 521 g/mol. The van der Waals surface area contributed by atoms with E-state index >= 15 is 0 Å². The number of halogens is 7. The van der Waals surface area contributed by atoms with E-state index < -0.39 is 56.0 Å². The summed E-state index contributed by atoms with van der Waals surface area (Å²) in [4.78, 5) is 12.0. The Morgan fingerprint density at radius 3 is 2.03 bits per heavy atom. The van der Waals surface area contributed by atoms with Crippen molar-refractivity contribution in [1.29, 1.82) is 0 Å². The molecule has 0 aliphatic heterocycles. The summed E-state index contributed by atoms with van der Waals surface area (Å²) in [5, 5.41) is 7.12. The van der Waals surface area contributed by atoms with Crippen LogP contribution < -0.4 is 4.72 Å². The molecule has 0 aliphatic rings. The van der Waals surface area contributed by atoms with Gasteiger partial charge < -0.3 is 5.11 Å². The van der Waals surface area contributed by atoms with Gasteiger partial charge >= 0.3 is 12.1 Å². The smallest absolute Gasteiger partial charge is 0.475 e. The fraction of sp³-hybridized carbons (Fsp3) is 0.0909. The van der Waals surface area contributed by atoms with Crippen molar-refractivity contribution >= 4 is 21.7 Å². The topological polar surface area (TPSA) is 96.4 Å². The van der Waals surface area contributed by atoms with Crippen LogP contribution in [0.15, 0.2) is 53.7 Å². The average molecular weight is 534 g/mol. The molecule has 0 fully saturated rings. The number of pyridine rings is 1. The van der Waals surface area contributed by atoms with E-state index in [4.69, 9.17) is 9.90 Å². The number of rotatable bonds is 3. The van der Waals surface area contributed by atoms with E-state index in [1.54, 1.807) is 4.72 Å². The number of carboxylic acid groups (broad SMARTS) is 1. The van der Waals surface area contributed by atoms with Crippen molar-refractivity contribution in [2.45, 2.75) is 18.0 Å². The van der Waals surface area contributed by atoms with Gasteiger partial charge in [0.15, 0.2) is 11.6 Å². The summed E-state index contributed by atoms with van der Waals surface area (Å²) in [5.41, 5.74) is -1.02. The van der Waals surface area contributed by atoms with Crippen molar-refractivity contribution in [3.63, 3.8) is 0 Å². The minimum absolute atomic E-state index is 0.103. The first-order valence-electron chi connectivity index (χ1n) is 9.31. The van der Waals surface area contributed by atoms with E-state index in [9.17, 15) is 39.2 Å². The molecule has 0 radical (unpaired) electrons. The van der Waals surface area contributed by atoms with Gasteiger partial charge in [-0.2, -0.15) is 13.2 Å². The van der Waals surface area contributed by atoms with Crippen LogP contribution in [0.1, 0.15) is 16.7 Å². The number of nitrogens with zero attached hydrogens (tertiary/aromatic N) is 1. The van der Waals surface area contributed by atoms with Crippen LogP contribution in [0.2, 0.25) is 0 Å². The molecule has 0 spiro atoms. The summed E-state index contributed by atoms with van der Waals surface area (Å²) in [7, 11) is -4.44. The van der Waals surface area contributed by atoms with Crippen LogP contribution in [-0.2, 0) is 14.8 Å². The predicted molar refractivity (Wildman–Crippen MR) is 112 cm³/mol. The highest BCUT2D eigenvalue weighted by atomic mass is 32.2. The molecule has 36 heavy (non-hydrogen) atoms. The quantitative estimate of drug-likeness (QED) is 0.373. The Bertz CT molecular complexity index is 1440. The molecule has 1 heterocycles. The standard InChI is InChI=1S/C20H12F4N2O2S.C2HF3O2/c1-12-16(22)3-2-4-19(12)29(27,28)26-20-17(23)8-13(9-18(20)24)5-6-14-7-15(21)11-25-10-14;3-2(4,5)1(6)7/h2-4,7-11,26H,1H3;(H,6,7). The normalized spacial score (nSPS) is 11.0. The monoisotopic (exact) mass is 534 g/mol. The van der Waals surface area contributed by atoms with Crippen LogP contribution in [0.4, 0.5) is 36.4 Å². The van der Waals surface area contributed by atoms with Gasteiger partial charge in [-0.15, -0.1) is 0 Å². The molecule has 0 atom stereocenters. The molecule has 2 aromatic carbocycles. The van der Waals surface area contributed by atoms with E-state index in [0.717, 1.165) is 36.5 Å². The van der Waals surface area contributed by atoms with Crippen LogP contribution in [0.5, 0.6) is 0 Å². The molecule has 0 saturated heterocycles. The number of carbonyl (C=O) groups is 1. The van der Waals surface area contributed by atoms with Gasteiger partial charge in [-0.1, -0.05) is 17.9 Å². The van der Waals surface area contributed by atoms with E-state index in [-0.39, 0.29) is 16.7 Å². The molecule has 0 amide bonds. The molecule has 3 aromatic rings. The third-order valence-electron chi connectivity index (χ3n) is 4.08. The molecule has 3 rings (SSSR count). The van der Waals surface area contributed by atoms with E-state index in [0.29, 0.717) is 0 Å². The molecule has 190 valence electrons. The Kier molecular flexibility index (Phi) is 8.66. The van der Waals surface area contributed by atoms with Crippen LogP contribution in [0, 0.1) is 42.0 Å². The summed E-state index contributed by atoms with van der Waals surface area (Å²) < 4.78 is 114. The Hall–Kier alpha value is -4.12. The molecular formula is C22H13F7N2O4S. The summed E-state index contributed by atoms with van der Waals surface area (Å²) >= 11 is 0. The number of aliphatic carboxylic acids is 1. The fourth-order valence-electron chi connectivity index (χ4n) is 2.44. The lowest BCUT2D eigenvalue weighted by molar-refractivity contribution is -0.192. The van der Waals surface area contributed by atoms with Gasteiger partial charge in [-0.25, -0.2) is 30.8 Å². The Morgan fingerprint density at radius 2 is 1.50 bits per heavy atom. The Balaban J connectivity index is 0.000000572. The van der Waals surface area contributed by atoms with Crippen LogP contribution in [0.3, 0.4) is 0 Å². The number of hydrogen-bond donors (Lipinski definition) is 2. The van der Waals surface area contributed by atoms with Crippen LogP contribution in [-0.4, -0.2) is 30.7 Å². The maximum absolute atomic E-state index is 14.3. The molecule has 0 unspecified atom stereocenters. The number of sulfonamides is 1. The van der Waals surface area contributed by atoms with Gasteiger partial charge in [-0.05, 0) is 37.3 Å². The van der Waals surface area contributed by atoms with E-state index in [1.165, 1.54) is 19.2 Å². The Labute approximate surface area is 199 Å². The van der Waals surface area contributed by atoms with Crippen LogP contribution in [0.25, 0.3) is 0 Å². The third kappa shape index (κ3) is 7.44. The zero-order valence-electron chi connectivity index (χ0n) is 17.8. The highest BCUT2D eigenvalue weighted by molar-refractivity contribution is 7.92. The maximum Gasteiger partial charge on any atom is 0.490 e. The van der Waals surface area contributed by atoms with Crippen molar-refractivity contribution in [1.82, 2.24) is 4.98 Å². The van der Waals surface area contributed by atoms with Crippen LogP contribution >= 0.6 is 0 Å². The fourth-order valence-corrected chi connectivity index (χ4v) is 3.77. The minimum Gasteiger partial charge on any atom is -0.475 e. The summed E-state index contributed by atoms with van der Waals surface area (Å²) in [5.74, 6) is -1.64. The lowest BCUT2D eigenvalue weighted by atomic mass is 10.1. The van der Waals surface area contributed by atoms with E-state index in [2.05, 4.69) is 16.8 Å². The first kappa shape index (κ1) is 28.1. The molecule has 1 aromatic heterocycles. The third-order valence-corrected chi connectivity index (χ3v) is 5.58. The summed E-state index contributed by atoms with van der Waals surface area (Å²) in [6.07, 6.45) is -2.83. The highest BCUT2D eigenvalue weighted by Gasteiger charge is 2.38. The van der Waals surface area contributed by atoms with Gasteiger partial charge in [0, 0.05) is 22.9 Å². The maximum atomic E-state index is 14.3. The molecule has 6 nitrogen and oxygen atoms in total. The SMILES string of the molecule is Cc1c(F)cccc1S(=O)(=O)Nc1c(F)cc(C#Cc2cncc(F)c2)cc1F.O=C(O)C(F)(F)F. The number of anilines is 1. The van der Waals surface area contributed by atoms with Gasteiger partial charge in [0.1, 0.15) is 17.3 Å². The summed E-state index contributed by atoms with van der Waals surface area (Å²) in [6.45, 7) is 1.23. The van der Waals surface area contributed by atoms with Gasteiger partial charge in [-0.3, -0.25) is 9.71 Å². The lowest BCUT2D eigenvalue weighted by Gasteiger charge is -2.12. The average Bonchev–Trinajstić information content (AvgIpc) is 2.76. The summed E-state index contributed by atoms with van der Waals surface area (Å²) in [6, 6.07) is 6.08. The molecule has 0 bridgehead atoms. The molecule has 0 aliphatic carbocycles. The van der Waals surface area contributed by atoms with Crippen molar-refractivity contribution in [3.05, 3.63) is 88.8 Å². The van der Waals surface area contributed by atoms with Gasteiger partial charge in [0.25, 0.3) is 10.0 Å². The van der Waals surface area contributed by atoms with Crippen molar-refractivity contribution in [3.8, 4) is 11.8 Å². The molecule has 0 saturated carbocycles. The lowest BCUT2D eigenvalue weighted by Crippen LogP contribution is -2.21. The highest BCUT2D eigenvalue weighted by Crippen LogP contribution is 2.26. The second-order valence-electron chi connectivity index (χ2n) is 6.73. The zero-order chi connectivity index (χ0) is 27.3. The number of aromatic nitrogens is 1. The zero-order valence-corrected chi connectivity index (χ0v) is 18.6. The van der Waals surface area contributed by atoms with E-state index in [1.807, 2.05) is 0 Å². The Morgan fingerprint density at radius 1 is 0.944 bits per heavy atom. The minimum atomic E-state index is -5.08. The van der Waals surface area contributed by atoms with Crippen molar-refractivity contribution < 1.29 is 49.1 Å². The predicted octanol–water partition coefficient (Wildman–Crippen LogP) is 4.78. The number of alkyl halides is 3. The molecule has 14 heteroatoms. The first-order valence-corrected chi connectivity index (χ1v) is 10.8. The number of benzene rings is 2. The van der Waals surface area contributed by atoms with Crippen molar-refractivity contribution in [2.75, 3.05) is 4.72 Å². The first-order chi connectivity index (χ1) is 16.6. The van der Waals surface area contributed by atoms with Gasteiger partial charge in [0.2, 0.25) is 0 Å². The van der Waals surface area contributed by atoms with Gasteiger partial charge in [0.05, 0.1) is 11.1 Å². The number of hydrogen-bond acceptors (Lipinski definition) is 4. The number of carboxylic acids is 1. The van der Waals surface area contributed by atoms with Crippen molar-refractivity contribution in [2.24, 2.45) is 0 Å².